The van der Waals surface area contributed by atoms with Crippen molar-refractivity contribution < 1.29 is 26.7 Å². The molecule has 0 N–H and O–H groups in total. The van der Waals surface area contributed by atoms with Gasteiger partial charge >= 0.3 is 0 Å². The molecular weight excluding hydrogens is 363 g/mol. The van der Waals surface area contributed by atoms with Crippen molar-refractivity contribution >= 4 is 10.8 Å². The Morgan fingerprint density at radius 1 is 0.815 bits per heavy atom. The molecule has 0 atom stereocenters. The van der Waals surface area contributed by atoms with E-state index in [1.165, 1.54) is 24.3 Å². The van der Waals surface area contributed by atoms with Gasteiger partial charge in [0, 0.05) is 5.56 Å². The first-order valence-corrected chi connectivity index (χ1v) is 7.72. The molecule has 3 aromatic carbocycles. The van der Waals surface area contributed by atoms with Gasteiger partial charge in [0.25, 0.3) is 0 Å². The molecule has 0 spiro atoms. The third-order valence-corrected chi connectivity index (χ3v) is 3.68. The summed E-state index contributed by atoms with van der Waals surface area (Å²) in [6.07, 6.45) is 1.26. The maximum Gasteiger partial charge on any atom is 0.205 e. The van der Waals surface area contributed by atoms with Crippen LogP contribution >= 0.6 is 0 Å². The molecular formula is C21H11F5O. The molecule has 0 radical (unpaired) electrons. The minimum atomic E-state index is -1.49. The Hall–Kier alpha value is -3.33. The molecule has 3 rings (SSSR count). The molecule has 0 unspecified atom stereocenters. The SMILES string of the molecule is C=CCOc1c(F)cc(C#Cc2ccc3cc(F)c(F)cc3c2)c(F)c1F. The number of hydrogen-bond acceptors (Lipinski definition) is 1. The summed E-state index contributed by atoms with van der Waals surface area (Å²) in [5.74, 6) is -1.90. The molecule has 3 aromatic rings. The fourth-order valence-corrected chi connectivity index (χ4v) is 2.40. The summed E-state index contributed by atoms with van der Waals surface area (Å²) in [6.45, 7) is 3.15. The Morgan fingerprint density at radius 2 is 1.52 bits per heavy atom. The molecule has 0 aliphatic rings. The van der Waals surface area contributed by atoms with Crippen LogP contribution in [0.1, 0.15) is 11.1 Å². The van der Waals surface area contributed by atoms with Gasteiger partial charge < -0.3 is 4.74 Å². The predicted molar refractivity (Wildman–Crippen MR) is 91.9 cm³/mol. The molecule has 0 saturated heterocycles. The minimum Gasteiger partial charge on any atom is -0.483 e. The highest BCUT2D eigenvalue weighted by Gasteiger charge is 2.19. The van der Waals surface area contributed by atoms with E-state index in [2.05, 4.69) is 18.4 Å². The second-order valence-corrected chi connectivity index (χ2v) is 5.54. The van der Waals surface area contributed by atoms with Crippen LogP contribution in [-0.4, -0.2) is 6.61 Å². The molecule has 0 amide bonds. The monoisotopic (exact) mass is 374 g/mol. The second kappa shape index (κ2) is 7.50. The van der Waals surface area contributed by atoms with E-state index < -0.39 is 40.4 Å². The number of hydrogen-bond donors (Lipinski definition) is 0. The average Bonchev–Trinajstić information content (AvgIpc) is 2.64. The van der Waals surface area contributed by atoms with Gasteiger partial charge in [0.1, 0.15) is 6.61 Å². The third-order valence-electron chi connectivity index (χ3n) is 3.68. The van der Waals surface area contributed by atoms with Gasteiger partial charge in [-0.2, -0.15) is 4.39 Å². The molecule has 0 aromatic heterocycles. The predicted octanol–water partition coefficient (Wildman–Crippen LogP) is 5.50. The fraction of sp³-hybridized carbons (Fsp3) is 0.0476. The highest BCUT2D eigenvalue weighted by atomic mass is 19.2. The molecule has 0 aliphatic heterocycles. The zero-order valence-corrected chi connectivity index (χ0v) is 13.8. The van der Waals surface area contributed by atoms with Crippen molar-refractivity contribution in [2.45, 2.75) is 0 Å². The number of benzene rings is 3. The fourth-order valence-electron chi connectivity index (χ4n) is 2.40. The van der Waals surface area contributed by atoms with E-state index in [0.717, 1.165) is 18.2 Å². The third kappa shape index (κ3) is 3.77. The van der Waals surface area contributed by atoms with E-state index in [9.17, 15) is 22.0 Å². The van der Waals surface area contributed by atoms with Gasteiger partial charge in [-0.25, -0.2) is 17.6 Å². The van der Waals surface area contributed by atoms with E-state index in [-0.39, 0.29) is 6.61 Å². The largest absolute Gasteiger partial charge is 0.483 e. The zero-order valence-electron chi connectivity index (χ0n) is 13.8. The van der Waals surface area contributed by atoms with E-state index in [0.29, 0.717) is 16.3 Å². The zero-order chi connectivity index (χ0) is 19.6. The quantitative estimate of drug-likeness (QED) is 0.255. The average molecular weight is 374 g/mol. The highest BCUT2D eigenvalue weighted by Crippen LogP contribution is 2.26. The van der Waals surface area contributed by atoms with Crippen molar-refractivity contribution in [3.63, 3.8) is 0 Å². The maximum atomic E-state index is 14.1. The van der Waals surface area contributed by atoms with Crippen molar-refractivity contribution in [3.05, 3.63) is 89.3 Å². The molecule has 0 bridgehead atoms. The number of rotatable bonds is 3. The van der Waals surface area contributed by atoms with Crippen LogP contribution in [0.2, 0.25) is 0 Å². The maximum absolute atomic E-state index is 14.1. The Morgan fingerprint density at radius 3 is 2.22 bits per heavy atom. The number of halogens is 5. The van der Waals surface area contributed by atoms with Crippen molar-refractivity contribution in [3.8, 4) is 17.6 Å². The lowest BCUT2D eigenvalue weighted by Crippen LogP contribution is -2.03. The van der Waals surface area contributed by atoms with Crippen LogP contribution < -0.4 is 4.74 Å². The smallest absolute Gasteiger partial charge is 0.205 e. The molecule has 1 nitrogen and oxygen atoms in total. The van der Waals surface area contributed by atoms with Crippen molar-refractivity contribution in [1.82, 2.24) is 0 Å². The van der Waals surface area contributed by atoms with Crippen LogP contribution in [0.5, 0.6) is 5.75 Å². The van der Waals surface area contributed by atoms with E-state index in [1.54, 1.807) is 0 Å². The van der Waals surface area contributed by atoms with Gasteiger partial charge in [0.15, 0.2) is 29.0 Å². The lowest BCUT2D eigenvalue weighted by molar-refractivity contribution is 0.311. The van der Waals surface area contributed by atoms with Crippen molar-refractivity contribution in [1.29, 1.82) is 0 Å². The van der Waals surface area contributed by atoms with Crippen LogP contribution in [0.4, 0.5) is 22.0 Å². The first kappa shape index (κ1) is 18.5. The summed E-state index contributed by atoms with van der Waals surface area (Å²) in [7, 11) is 0. The summed E-state index contributed by atoms with van der Waals surface area (Å²) in [5.41, 5.74) is -0.165. The lowest BCUT2D eigenvalue weighted by atomic mass is 10.1. The van der Waals surface area contributed by atoms with Crippen LogP contribution in [0, 0.1) is 40.9 Å². The van der Waals surface area contributed by atoms with E-state index in [1.807, 2.05) is 0 Å². The highest BCUT2D eigenvalue weighted by molar-refractivity contribution is 5.84. The molecule has 0 heterocycles. The van der Waals surface area contributed by atoms with E-state index >= 15 is 0 Å². The van der Waals surface area contributed by atoms with Crippen molar-refractivity contribution in [2.75, 3.05) is 6.61 Å². The standard InChI is InChI=1S/C21H11F5O/c1-2-7-27-21-18(24)10-14(19(25)20(21)26)6-4-12-3-5-13-9-16(22)17(23)11-15(13)8-12/h2-3,5,8-11H,1,7H2. The second-order valence-electron chi connectivity index (χ2n) is 5.54. The normalized spacial score (nSPS) is 10.4. The minimum absolute atomic E-state index is 0.188. The summed E-state index contributed by atoms with van der Waals surface area (Å²) >= 11 is 0. The number of ether oxygens (including phenoxy) is 1. The van der Waals surface area contributed by atoms with Crippen LogP contribution in [0.3, 0.4) is 0 Å². The van der Waals surface area contributed by atoms with Gasteiger partial charge in [-0.1, -0.05) is 30.6 Å². The molecule has 136 valence electrons. The van der Waals surface area contributed by atoms with Crippen LogP contribution in [0.25, 0.3) is 10.8 Å². The Kier molecular flexibility index (Phi) is 5.13. The molecule has 0 fully saturated rings. The summed E-state index contributed by atoms with van der Waals surface area (Å²) in [4.78, 5) is 0. The van der Waals surface area contributed by atoms with Gasteiger partial charge in [-0.15, -0.1) is 0 Å². The van der Waals surface area contributed by atoms with Crippen LogP contribution in [0.15, 0.2) is 49.1 Å². The lowest BCUT2D eigenvalue weighted by Gasteiger charge is -2.07. The van der Waals surface area contributed by atoms with Gasteiger partial charge in [-0.3, -0.25) is 0 Å². The molecule has 0 saturated carbocycles. The Bertz CT molecular complexity index is 1110. The number of fused-ring (bicyclic) bond motifs is 1. The topological polar surface area (TPSA) is 9.23 Å². The summed E-state index contributed by atoms with van der Waals surface area (Å²) in [6, 6.07) is 7.22. The Labute approximate surface area is 151 Å². The van der Waals surface area contributed by atoms with Crippen molar-refractivity contribution in [2.24, 2.45) is 0 Å². The summed E-state index contributed by atoms with van der Waals surface area (Å²) in [5, 5.41) is 0.832. The van der Waals surface area contributed by atoms with Crippen LogP contribution in [-0.2, 0) is 0 Å². The molecule has 27 heavy (non-hydrogen) atoms. The van der Waals surface area contributed by atoms with Gasteiger partial charge in [-0.05, 0) is 41.1 Å². The van der Waals surface area contributed by atoms with Gasteiger partial charge in [0.2, 0.25) is 5.82 Å². The Balaban J connectivity index is 1.99. The first-order valence-electron chi connectivity index (χ1n) is 7.72. The molecule has 0 aliphatic carbocycles. The van der Waals surface area contributed by atoms with Gasteiger partial charge in [0.05, 0.1) is 5.56 Å². The first-order chi connectivity index (χ1) is 12.9. The van der Waals surface area contributed by atoms with E-state index in [4.69, 9.17) is 4.74 Å². The summed E-state index contributed by atoms with van der Waals surface area (Å²) < 4.78 is 73.3. The molecule has 6 heteroatoms.